The minimum Gasteiger partial charge on any atom is -0.508 e. The number of hydrogen-bond acceptors (Lipinski definition) is 5. The largest absolute Gasteiger partial charge is 0.508 e. The van der Waals surface area contributed by atoms with Crippen LogP contribution in [-0.4, -0.2) is 46.3 Å². The maximum atomic E-state index is 10.0. The fourth-order valence-corrected chi connectivity index (χ4v) is 3.12. The number of aliphatic hydroxyl groups excluding tert-OH is 1. The number of aliphatic hydroxyl groups is 1. The molecule has 122 valence electrons. The highest BCUT2D eigenvalue weighted by atomic mass is 16.3. The van der Waals surface area contributed by atoms with Crippen molar-refractivity contribution in [3.8, 4) is 5.75 Å². The van der Waals surface area contributed by atoms with Gasteiger partial charge in [-0.25, -0.2) is 4.98 Å². The first-order valence-corrected chi connectivity index (χ1v) is 7.96. The summed E-state index contributed by atoms with van der Waals surface area (Å²) >= 11 is 0. The summed E-state index contributed by atoms with van der Waals surface area (Å²) < 4.78 is 0. The topological polar surface area (TPSA) is 59.8 Å². The van der Waals surface area contributed by atoms with Crippen LogP contribution in [0.15, 0.2) is 42.6 Å². The van der Waals surface area contributed by atoms with Crippen molar-refractivity contribution in [1.29, 1.82) is 0 Å². The van der Waals surface area contributed by atoms with Gasteiger partial charge in [0, 0.05) is 44.0 Å². The number of anilines is 1. The van der Waals surface area contributed by atoms with Gasteiger partial charge in [0.05, 0.1) is 12.6 Å². The Bertz CT molecular complexity index is 662. The van der Waals surface area contributed by atoms with E-state index in [2.05, 4.69) is 20.9 Å². The van der Waals surface area contributed by atoms with Crippen LogP contribution in [0.5, 0.6) is 5.75 Å². The number of hydrogen-bond donors (Lipinski definition) is 2. The SMILES string of the molecule is CN1c2ncccc2CN(Cc2ccccc2O)CCC1CO. The minimum atomic E-state index is 0.0517. The van der Waals surface area contributed by atoms with E-state index in [1.54, 1.807) is 12.3 Å². The molecule has 5 nitrogen and oxygen atoms in total. The van der Waals surface area contributed by atoms with E-state index < -0.39 is 0 Å². The molecule has 0 aliphatic carbocycles. The van der Waals surface area contributed by atoms with Gasteiger partial charge >= 0.3 is 0 Å². The number of para-hydroxylation sites is 1. The Morgan fingerprint density at radius 3 is 2.83 bits per heavy atom. The van der Waals surface area contributed by atoms with Crippen molar-refractivity contribution in [2.24, 2.45) is 0 Å². The van der Waals surface area contributed by atoms with Crippen LogP contribution in [0, 0.1) is 0 Å². The van der Waals surface area contributed by atoms with Gasteiger partial charge in [-0.1, -0.05) is 24.3 Å². The van der Waals surface area contributed by atoms with Crippen LogP contribution in [0.2, 0.25) is 0 Å². The molecule has 1 aliphatic heterocycles. The fraction of sp³-hybridized carbons (Fsp3) is 0.389. The molecule has 1 aromatic heterocycles. The Labute approximate surface area is 136 Å². The molecular weight excluding hydrogens is 290 g/mol. The number of aromatic nitrogens is 1. The van der Waals surface area contributed by atoms with Gasteiger partial charge in [0.2, 0.25) is 0 Å². The van der Waals surface area contributed by atoms with Gasteiger partial charge in [-0.05, 0) is 18.6 Å². The van der Waals surface area contributed by atoms with Crippen molar-refractivity contribution in [2.45, 2.75) is 25.6 Å². The summed E-state index contributed by atoms with van der Waals surface area (Å²) in [5.74, 6) is 1.25. The zero-order chi connectivity index (χ0) is 16.2. The van der Waals surface area contributed by atoms with Gasteiger partial charge in [-0.3, -0.25) is 4.90 Å². The van der Waals surface area contributed by atoms with E-state index in [0.717, 1.165) is 36.5 Å². The first-order chi connectivity index (χ1) is 11.2. The first-order valence-electron chi connectivity index (χ1n) is 7.96. The van der Waals surface area contributed by atoms with E-state index in [1.165, 1.54) is 0 Å². The van der Waals surface area contributed by atoms with Gasteiger partial charge < -0.3 is 15.1 Å². The minimum absolute atomic E-state index is 0.0517. The van der Waals surface area contributed by atoms with Gasteiger partial charge in [-0.2, -0.15) is 0 Å². The normalized spacial score (nSPS) is 19.0. The summed E-state index contributed by atoms with van der Waals surface area (Å²) in [6.07, 6.45) is 2.65. The van der Waals surface area contributed by atoms with Crippen LogP contribution in [0.3, 0.4) is 0 Å². The standard InChI is InChI=1S/C18H23N3O2/c1-20-16(13-22)8-10-21(11-14-5-2-3-7-17(14)23)12-15-6-4-9-19-18(15)20/h2-7,9,16,22-23H,8,10-13H2,1H3. The predicted molar refractivity (Wildman–Crippen MR) is 90.4 cm³/mol. The molecule has 2 heterocycles. The van der Waals surface area contributed by atoms with Crippen molar-refractivity contribution < 1.29 is 10.2 Å². The molecule has 1 aromatic carbocycles. The molecule has 0 saturated heterocycles. The lowest BCUT2D eigenvalue weighted by atomic mass is 10.1. The van der Waals surface area contributed by atoms with Gasteiger partial charge in [0.25, 0.3) is 0 Å². The molecule has 1 aliphatic rings. The monoisotopic (exact) mass is 313 g/mol. The summed E-state index contributed by atoms with van der Waals surface area (Å²) in [6.45, 7) is 2.43. The molecular formula is C18H23N3O2. The number of benzene rings is 1. The van der Waals surface area contributed by atoms with Crippen LogP contribution in [0.4, 0.5) is 5.82 Å². The molecule has 0 bridgehead atoms. The lowest BCUT2D eigenvalue weighted by Gasteiger charge is -2.35. The lowest BCUT2D eigenvalue weighted by Crippen LogP contribution is -2.41. The summed E-state index contributed by atoms with van der Waals surface area (Å²) in [7, 11) is 1.99. The number of aromatic hydroxyl groups is 1. The second-order valence-corrected chi connectivity index (χ2v) is 6.06. The number of phenols is 1. The van der Waals surface area contributed by atoms with Crippen molar-refractivity contribution in [2.75, 3.05) is 25.1 Å². The van der Waals surface area contributed by atoms with E-state index in [1.807, 2.05) is 31.3 Å². The van der Waals surface area contributed by atoms with Crippen molar-refractivity contribution >= 4 is 5.82 Å². The molecule has 2 aromatic rings. The maximum Gasteiger partial charge on any atom is 0.133 e. The third-order valence-electron chi connectivity index (χ3n) is 4.52. The number of phenolic OH excluding ortho intramolecular Hbond substituents is 1. The Kier molecular flexibility index (Phi) is 4.79. The molecule has 0 saturated carbocycles. The van der Waals surface area contributed by atoms with E-state index >= 15 is 0 Å². The smallest absolute Gasteiger partial charge is 0.133 e. The Morgan fingerprint density at radius 1 is 1.22 bits per heavy atom. The zero-order valence-electron chi connectivity index (χ0n) is 13.4. The van der Waals surface area contributed by atoms with Crippen molar-refractivity contribution in [1.82, 2.24) is 9.88 Å². The second kappa shape index (κ2) is 6.98. The summed E-state index contributed by atoms with van der Waals surface area (Å²) in [5, 5.41) is 19.7. The number of fused-ring (bicyclic) bond motifs is 1. The summed E-state index contributed by atoms with van der Waals surface area (Å²) in [4.78, 5) is 8.87. The highest BCUT2D eigenvalue weighted by Crippen LogP contribution is 2.26. The maximum absolute atomic E-state index is 10.0. The van der Waals surface area contributed by atoms with Crippen LogP contribution < -0.4 is 4.90 Å². The number of rotatable bonds is 3. The van der Waals surface area contributed by atoms with Gasteiger partial charge in [0.15, 0.2) is 0 Å². The molecule has 0 spiro atoms. The molecule has 3 rings (SSSR count). The number of nitrogens with zero attached hydrogens (tertiary/aromatic N) is 3. The van der Waals surface area contributed by atoms with Gasteiger partial charge in [-0.15, -0.1) is 0 Å². The molecule has 0 fully saturated rings. The highest BCUT2D eigenvalue weighted by molar-refractivity contribution is 5.47. The molecule has 5 heteroatoms. The lowest BCUT2D eigenvalue weighted by molar-refractivity contribution is 0.204. The van der Waals surface area contributed by atoms with Crippen LogP contribution in [0.1, 0.15) is 17.5 Å². The van der Waals surface area contributed by atoms with E-state index in [9.17, 15) is 10.2 Å². The van der Waals surface area contributed by atoms with E-state index in [4.69, 9.17) is 0 Å². The Balaban J connectivity index is 1.87. The average Bonchev–Trinajstić information content (AvgIpc) is 2.56. The summed E-state index contributed by atoms with van der Waals surface area (Å²) in [6, 6.07) is 11.5. The van der Waals surface area contributed by atoms with Crippen LogP contribution >= 0.6 is 0 Å². The second-order valence-electron chi connectivity index (χ2n) is 6.06. The predicted octanol–water partition coefficient (Wildman–Crippen LogP) is 1.99. The van der Waals surface area contributed by atoms with E-state index in [-0.39, 0.29) is 12.6 Å². The van der Waals surface area contributed by atoms with E-state index in [0.29, 0.717) is 12.3 Å². The van der Waals surface area contributed by atoms with Crippen LogP contribution in [0.25, 0.3) is 0 Å². The average molecular weight is 313 g/mol. The first kappa shape index (κ1) is 15.8. The fourth-order valence-electron chi connectivity index (χ4n) is 3.12. The molecule has 1 unspecified atom stereocenters. The quantitative estimate of drug-likeness (QED) is 0.907. The van der Waals surface area contributed by atoms with Crippen LogP contribution in [-0.2, 0) is 13.1 Å². The molecule has 0 amide bonds. The van der Waals surface area contributed by atoms with Crippen molar-refractivity contribution in [3.05, 3.63) is 53.7 Å². The number of likely N-dealkylation sites (N-methyl/N-ethyl adjacent to an activating group) is 1. The zero-order valence-corrected chi connectivity index (χ0v) is 13.4. The third kappa shape index (κ3) is 3.46. The highest BCUT2D eigenvalue weighted by Gasteiger charge is 2.23. The van der Waals surface area contributed by atoms with Crippen molar-refractivity contribution in [3.63, 3.8) is 0 Å². The number of pyridine rings is 1. The Hall–Kier alpha value is -2.11. The molecule has 1 atom stereocenters. The molecule has 2 N–H and O–H groups in total. The Morgan fingerprint density at radius 2 is 2.04 bits per heavy atom. The summed E-state index contributed by atoms with van der Waals surface area (Å²) in [5.41, 5.74) is 2.07. The van der Waals surface area contributed by atoms with Gasteiger partial charge in [0.1, 0.15) is 11.6 Å². The molecule has 0 radical (unpaired) electrons. The third-order valence-corrected chi connectivity index (χ3v) is 4.52. The molecule has 23 heavy (non-hydrogen) atoms.